The molecule has 138 heavy (non-hydrogen) atoms. The third-order valence-electron chi connectivity index (χ3n) is 22.0. The predicted octanol–water partition coefficient (Wildman–Crippen LogP) is 4.94. The number of pyridine rings is 4. The largest absolute Gasteiger partial charge is 1.00 e. The van der Waals surface area contributed by atoms with Crippen LogP contribution in [0.1, 0.15) is 143 Å². The van der Waals surface area contributed by atoms with Gasteiger partial charge in [0.25, 0.3) is 24.2 Å². The third kappa shape index (κ3) is 24.6. The number of ether oxygens (including phenoxy) is 5. The van der Waals surface area contributed by atoms with Crippen molar-refractivity contribution in [2.24, 2.45) is 23.2 Å². The van der Waals surface area contributed by atoms with Gasteiger partial charge in [-0.3, -0.25) is 75.8 Å². The van der Waals surface area contributed by atoms with Crippen LogP contribution < -0.4 is 122 Å². The SMILES string of the molecule is C.CCc1cnn2ccc(N3CCCN3c3cc(F)cnc3OCC[C@@H](C)N)nc12.CCc1cnn2ccc(N3CCCN3c3cc(F)cnc3OCC[C@@H](C)N3C(=O)c4ccccc4C3=O)nc12.C[C@@H](N)CCOc1ncc(F)cc1N1CCCN1c1ccn2ncc(OC=O)c2n1.C[C@@H]1CCOc2ncc(F)cc2N2CCCN2c2ccn3ncc(c3n2)C(=O)N1.NN.O=C=O.O=C=O.[Na+].[OH-]. The fourth-order valence-corrected chi connectivity index (χ4v) is 15.6. The van der Waals surface area contributed by atoms with E-state index in [2.05, 4.69) is 81.1 Å². The van der Waals surface area contributed by atoms with Gasteiger partial charge in [0.1, 0.15) is 51.6 Å². The molecule has 724 valence electrons. The van der Waals surface area contributed by atoms with Crippen LogP contribution in [0.2, 0.25) is 0 Å². The summed E-state index contributed by atoms with van der Waals surface area (Å²) in [5.41, 5.74) is 19.6. The van der Waals surface area contributed by atoms with Gasteiger partial charge >= 0.3 is 41.9 Å². The van der Waals surface area contributed by atoms with Crippen LogP contribution in [0.15, 0.2) is 147 Å². The maximum atomic E-state index is 14.4. The monoisotopic (exact) mass is 1920 g/mol. The van der Waals surface area contributed by atoms with E-state index in [-0.39, 0.29) is 115 Å². The number of hydrogen-bond acceptors (Lipinski definition) is 38. The van der Waals surface area contributed by atoms with Crippen molar-refractivity contribution in [1.29, 1.82) is 0 Å². The van der Waals surface area contributed by atoms with Gasteiger partial charge in [0.2, 0.25) is 29.2 Å². The molecule has 0 saturated carbocycles. The third-order valence-corrected chi connectivity index (χ3v) is 22.0. The van der Waals surface area contributed by atoms with Gasteiger partial charge in [-0.15, -0.1) is 0 Å². The molecule has 49 heteroatoms. The van der Waals surface area contributed by atoms with Crippen LogP contribution in [-0.4, -0.2) is 228 Å². The molecule has 10 N–H and O–H groups in total. The number of nitrogens with zero attached hydrogens (tertiary/aromatic N) is 25. The average Bonchev–Trinajstić information content (AvgIpc) is 1.64. The number of anilines is 8. The Balaban J connectivity index is 0.000000185. The zero-order valence-corrected chi connectivity index (χ0v) is 78.1. The van der Waals surface area contributed by atoms with Gasteiger partial charge < -0.3 is 45.9 Å². The number of carbonyl (C=O) groups is 4. The van der Waals surface area contributed by atoms with E-state index in [1.807, 2.05) is 111 Å². The fraction of sp³-hybridized carbons (Fsp3) is 0.371. The van der Waals surface area contributed by atoms with Crippen LogP contribution in [0.3, 0.4) is 0 Å². The van der Waals surface area contributed by atoms with Gasteiger partial charge in [-0.1, -0.05) is 33.4 Å². The Labute approximate surface area is 810 Å². The van der Waals surface area contributed by atoms with E-state index in [1.165, 1.54) is 52.3 Å². The zero-order chi connectivity index (χ0) is 95.9. The number of imide groups is 1. The number of hydrogen-bond donors (Lipinski definition) is 5. The normalized spacial score (nSPS) is 15.2. The summed E-state index contributed by atoms with van der Waals surface area (Å²) in [5.74, 6) is 9.78. The van der Waals surface area contributed by atoms with Crippen LogP contribution in [-0.2, 0) is 36.8 Å². The van der Waals surface area contributed by atoms with E-state index in [9.17, 15) is 36.7 Å². The first-order chi connectivity index (χ1) is 65.5. The Kier molecular flexibility index (Phi) is 37.9. The van der Waals surface area contributed by atoms with Gasteiger partial charge in [0, 0.05) is 174 Å². The minimum atomic E-state index is -0.476. The first-order valence-corrected chi connectivity index (χ1v) is 43.4. The van der Waals surface area contributed by atoms with Crippen molar-refractivity contribution in [2.75, 3.05) is 119 Å². The van der Waals surface area contributed by atoms with Crippen molar-refractivity contribution in [3.8, 4) is 29.3 Å². The molecule has 0 unspecified atom stereocenters. The molecule has 4 saturated heterocycles. The van der Waals surface area contributed by atoms with Crippen LogP contribution in [0.25, 0.3) is 22.6 Å². The maximum absolute atomic E-state index is 14.4. The second-order valence-electron chi connectivity index (χ2n) is 31.3. The standard InChI is InChI=1S/C28H28FN7O3.C20H26FN7O.C19H22FN7O3.C19H20FN7O2.2CO2.CH4.H4N2.Na.H2O/c1-3-19-16-31-33-13-9-24(32-25(19)33)35-12-6-11-34(35)23-15-20(29)17-30-26(23)39-14-10-18(2)36-27(37)21-7-4-5-8-22(21)28(36)38;1-3-15-12-24-26-9-5-18(25-19(15)26)28-8-4-7-27(28)17-11-16(21)13-23-20(17)29-10-6-14(2)22;1-13(21)4-8-29-19-15(9-14(20)10-22-19)26-5-2-6-27(26)17-3-7-25-18(24-17)16(11-23-25)30-12-28;1-12-4-8-29-19-15(9-13(20)10-21-19)26-5-2-6-27(26)16-3-7-25-17(24-16)14(11-22-25)18(28)23-12;2*2-1-3;;1-2;;/h4-5,7-9,13,15-18H,3,6,10-12,14H2,1-2H3;5,9,11-14H,3-4,6-8,10,22H2,1-2H3;3,7,9-13H,2,4-6,8,21H2,1H3;3,7,9-12H,2,4-6,8H2,1H3,(H,23,28);;;1H4;1-2H2;;1H2/q;;;;;;;;+1;/p-1/t18-;14-;13-;12-;;;;;;/m1111....../s1. The molecule has 3 amide bonds. The second kappa shape index (κ2) is 49.7. The van der Waals surface area contributed by atoms with Crippen molar-refractivity contribution in [3.63, 3.8) is 0 Å². The molecule has 19 rings (SSSR count). The minimum Gasteiger partial charge on any atom is -0.870 e. The number of nitrogens with one attached hydrogen (secondary N) is 1. The number of benzene rings is 1. The van der Waals surface area contributed by atoms with Crippen molar-refractivity contribution in [1.82, 2.24) is 88.5 Å². The Bertz CT molecular complexity index is 6340. The number of aromatic nitrogens is 16. The van der Waals surface area contributed by atoms with Gasteiger partial charge in [-0.05, 0) is 91.2 Å². The fourth-order valence-electron chi connectivity index (χ4n) is 15.6. The molecule has 1 aromatic carbocycles. The summed E-state index contributed by atoms with van der Waals surface area (Å²) >= 11 is 0. The molecular formula is C89H105F4N30NaO14. The number of hydrazine groups is 5. The van der Waals surface area contributed by atoms with E-state index in [1.54, 1.807) is 56.3 Å². The zero-order valence-electron chi connectivity index (χ0n) is 76.1. The summed E-state index contributed by atoms with van der Waals surface area (Å²) in [7, 11) is 0. The number of carbonyl (C=O) groups excluding carboxylic acids is 8. The second-order valence-corrected chi connectivity index (χ2v) is 31.3. The Morgan fingerprint density at radius 1 is 0.486 bits per heavy atom. The van der Waals surface area contributed by atoms with Crippen LogP contribution in [0, 0.1) is 23.3 Å². The summed E-state index contributed by atoms with van der Waals surface area (Å²) in [6, 6.07) is 19.4. The first kappa shape index (κ1) is 105. The smallest absolute Gasteiger partial charge is 0.870 e. The number of aryl methyl sites for hydroxylation is 2. The molecule has 4 fully saturated rings. The summed E-state index contributed by atoms with van der Waals surface area (Å²) in [5, 5.41) is 35.6. The average molecular weight is 1920 g/mol. The molecule has 0 spiro atoms. The predicted molar refractivity (Wildman–Crippen MR) is 490 cm³/mol. The Morgan fingerprint density at radius 2 is 0.833 bits per heavy atom. The van der Waals surface area contributed by atoms with Crippen molar-refractivity contribution in [2.45, 2.75) is 137 Å². The molecule has 0 radical (unpaired) electrons. The first-order valence-electron chi connectivity index (χ1n) is 43.4. The molecule has 6 aliphatic rings. The molecule has 6 aliphatic heterocycles. The van der Waals surface area contributed by atoms with Crippen molar-refractivity contribution in [3.05, 3.63) is 198 Å². The topological polar surface area (TPSA) is 530 Å². The number of nitrogens with two attached hydrogens (primary N) is 4. The molecule has 2 bridgehead atoms. The molecule has 4 atom stereocenters. The van der Waals surface area contributed by atoms with Gasteiger partial charge in [0.15, 0.2) is 46.0 Å². The van der Waals surface area contributed by atoms with E-state index in [0.29, 0.717) is 171 Å². The number of rotatable bonds is 23. The maximum Gasteiger partial charge on any atom is 1.00 e. The van der Waals surface area contributed by atoms with Gasteiger partial charge in [-0.25, -0.2) is 75.5 Å². The molecule has 44 nitrogen and oxygen atoms in total. The van der Waals surface area contributed by atoms with E-state index >= 15 is 0 Å². The van der Waals surface area contributed by atoms with E-state index < -0.39 is 23.3 Å². The molecule has 18 heterocycles. The van der Waals surface area contributed by atoms with Crippen molar-refractivity contribution >= 4 is 105 Å². The number of amides is 3. The summed E-state index contributed by atoms with van der Waals surface area (Å²) < 4.78 is 91.5. The summed E-state index contributed by atoms with van der Waals surface area (Å²) in [6.07, 6.45) is 26.4. The van der Waals surface area contributed by atoms with Gasteiger partial charge in [-0.2, -0.15) is 39.6 Å². The molecule has 0 aliphatic carbocycles. The van der Waals surface area contributed by atoms with Crippen molar-refractivity contribution < 1.29 is 115 Å². The molecule has 12 aromatic heterocycles. The summed E-state index contributed by atoms with van der Waals surface area (Å²) in [6.45, 7) is 18.9. The Hall–Kier alpha value is -14.7. The van der Waals surface area contributed by atoms with E-state index in [0.717, 1.165) is 104 Å². The Morgan fingerprint density at radius 3 is 1.24 bits per heavy atom. The van der Waals surface area contributed by atoms with Crippen LogP contribution in [0.5, 0.6) is 29.3 Å². The summed E-state index contributed by atoms with van der Waals surface area (Å²) in [4.78, 5) is 118. The van der Waals surface area contributed by atoms with E-state index in [4.69, 9.17) is 64.3 Å². The van der Waals surface area contributed by atoms with Crippen LogP contribution in [0.4, 0.5) is 63.6 Å². The van der Waals surface area contributed by atoms with Crippen LogP contribution >= 0.6 is 0 Å². The molecule has 13 aromatic rings. The number of fused-ring (bicyclic) bond motifs is 9. The number of halogens is 4. The quantitative estimate of drug-likeness (QED) is 0.0141. The van der Waals surface area contributed by atoms with Gasteiger partial charge in [0.05, 0.1) is 87.1 Å². The minimum absolute atomic E-state index is 0. The molecular weight excluding hydrogens is 1810 g/mol.